The van der Waals surface area contributed by atoms with Gasteiger partial charge in [-0.3, -0.25) is 9.59 Å². The molecule has 0 spiro atoms. The number of aliphatic carboxylic acids is 1. The predicted octanol–water partition coefficient (Wildman–Crippen LogP) is 6.36. The van der Waals surface area contributed by atoms with Crippen molar-refractivity contribution in [2.24, 2.45) is 0 Å². The molecular formula is C37H39FN2O9S. The number of halogens is 1. The van der Waals surface area contributed by atoms with Crippen molar-refractivity contribution in [2.75, 3.05) is 57.2 Å². The number of fused-ring (bicyclic) bond motifs is 1. The number of nitrogens with one attached hydrogen (secondary N) is 1. The van der Waals surface area contributed by atoms with Crippen molar-refractivity contribution in [2.45, 2.75) is 25.4 Å². The van der Waals surface area contributed by atoms with Crippen LogP contribution in [0.3, 0.4) is 0 Å². The van der Waals surface area contributed by atoms with Gasteiger partial charge in [-0.1, -0.05) is 36.2 Å². The van der Waals surface area contributed by atoms with E-state index in [4.69, 9.17) is 23.7 Å². The summed E-state index contributed by atoms with van der Waals surface area (Å²) in [7, 11) is 1.58. The van der Waals surface area contributed by atoms with Crippen LogP contribution >= 0.6 is 11.9 Å². The van der Waals surface area contributed by atoms with Crippen molar-refractivity contribution in [3.63, 3.8) is 0 Å². The first-order valence-electron chi connectivity index (χ1n) is 16.1. The fraction of sp³-hybridized carbons (Fsp3) is 0.324. The van der Waals surface area contributed by atoms with Crippen molar-refractivity contribution >= 4 is 52.0 Å². The largest absolute Gasteiger partial charge is 0.507 e. The van der Waals surface area contributed by atoms with Crippen molar-refractivity contribution in [3.05, 3.63) is 94.8 Å². The number of nitrogens with zero attached hydrogens (tertiary/aromatic N) is 1. The fourth-order valence-corrected chi connectivity index (χ4v) is 5.98. The number of ketones is 1. The van der Waals surface area contributed by atoms with Crippen LogP contribution in [0.1, 0.15) is 45.8 Å². The predicted molar refractivity (Wildman–Crippen MR) is 189 cm³/mol. The van der Waals surface area contributed by atoms with Gasteiger partial charge in [0.25, 0.3) is 11.7 Å². The van der Waals surface area contributed by atoms with Crippen LogP contribution in [0.15, 0.2) is 71.2 Å². The van der Waals surface area contributed by atoms with E-state index in [2.05, 4.69) is 15.7 Å². The maximum absolute atomic E-state index is 13.6. The number of carbonyl (C=O) groups is 3. The van der Waals surface area contributed by atoms with Crippen molar-refractivity contribution in [1.29, 1.82) is 0 Å². The second kappa shape index (κ2) is 17.3. The summed E-state index contributed by atoms with van der Waals surface area (Å²) in [6.07, 6.45) is 4.82. The van der Waals surface area contributed by atoms with Gasteiger partial charge in [-0.15, -0.1) is 0 Å². The van der Waals surface area contributed by atoms with E-state index in [1.54, 1.807) is 55.4 Å². The number of ether oxygens (including phenoxy) is 3. The molecule has 3 aromatic carbocycles. The molecule has 0 saturated heterocycles. The summed E-state index contributed by atoms with van der Waals surface area (Å²) >= 11 is 1.58. The lowest BCUT2D eigenvalue weighted by Gasteiger charge is -2.24. The Morgan fingerprint density at radius 2 is 1.62 bits per heavy atom. The van der Waals surface area contributed by atoms with Gasteiger partial charge >= 0.3 is 5.97 Å². The molecule has 0 atom stereocenters. The van der Waals surface area contributed by atoms with Crippen molar-refractivity contribution < 1.29 is 47.6 Å². The molecule has 3 N–H and O–H groups in total. The summed E-state index contributed by atoms with van der Waals surface area (Å²) in [5.41, 5.74) is 4.97. The first-order chi connectivity index (χ1) is 24.2. The minimum absolute atomic E-state index is 0.265. The highest BCUT2D eigenvalue weighted by molar-refractivity contribution is 7.99. The fourth-order valence-electron chi connectivity index (χ4n) is 5.37. The van der Waals surface area contributed by atoms with Crippen molar-refractivity contribution in [3.8, 4) is 11.3 Å². The Morgan fingerprint density at radius 3 is 2.24 bits per heavy atom. The third kappa shape index (κ3) is 9.30. The molecule has 13 heteroatoms. The smallest absolute Gasteiger partial charge is 0.376 e. The standard InChI is InChI=1S/C37H39FN2O9S/c1-39-36(43)34-29-19-28(24-7-8-24)30(20-33(29)49-35(34)26-9-11-27(38)12-10-26)40(50-2)13-14-46-15-16-47-17-18-48-22-23-3-5-25(6-4-23)31(41)21-32(42)37(44)45/h3-6,9-12,19-21,24,41H,7-8,13-18,22H2,1-2H3,(H,39,43)(H,44,45). The molecule has 0 bridgehead atoms. The Kier molecular flexibility index (Phi) is 12.7. The maximum Gasteiger partial charge on any atom is 0.376 e. The molecule has 1 aliphatic carbocycles. The summed E-state index contributed by atoms with van der Waals surface area (Å²) < 4.78 is 39.2. The van der Waals surface area contributed by atoms with Gasteiger partial charge in [0.15, 0.2) is 0 Å². The molecule has 0 radical (unpaired) electrons. The molecule has 0 unspecified atom stereocenters. The number of aliphatic hydroxyl groups is 1. The Labute approximate surface area is 293 Å². The Balaban J connectivity index is 1.09. The minimum atomic E-state index is -1.64. The number of benzene rings is 3. The summed E-state index contributed by atoms with van der Waals surface area (Å²) in [5, 5.41) is 22.0. The highest BCUT2D eigenvalue weighted by Gasteiger charge is 2.31. The second-order valence-electron chi connectivity index (χ2n) is 11.5. The Hall–Kier alpha value is -4.69. The number of aliphatic hydroxyl groups excluding tert-OH is 1. The molecule has 0 aliphatic heterocycles. The van der Waals surface area contributed by atoms with Gasteiger partial charge < -0.3 is 38.5 Å². The third-order valence-corrected chi connectivity index (χ3v) is 8.90. The van der Waals surface area contributed by atoms with Crippen molar-refractivity contribution in [1.82, 2.24) is 5.32 Å². The highest BCUT2D eigenvalue weighted by Crippen LogP contribution is 2.48. The minimum Gasteiger partial charge on any atom is -0.507 e. The van der Waals surface area contributed by atoms with Gasteiger partial charge in [-0.05, 0) is 60.2 Å². The number of rotatable bonds is 19. The van der Waals surface area contributed by atoms with E-state index in [1.165, 1.54) is 12.1 Å². The highest BCUT2D eigenvalue weighted by atomic mass is 32.2. The van der Waals surface area contributed by atoms with Gasteiger partial charge in [0.1, 0.15) is 22.9 Å². The lowest BCUT2D eigenvalue weighted by Crippen LogP contribution is -2.22. The van der Waals surface area contributed by atoms with E-state index in [0.29, 0.717) is 86.2 Å². The van der Waals surface area contributed by atoms with Crippen LogP contribution in [0.5, 0.6) is 0 Å². The number of carboxylic acid groups (broad SMARTS) is 1. The van der Waals surface area contributed by atoms with Crippen LogP contribution in [-0.2, 0) is 30.4 Å². The zero-order chi connectivity index (χ0) is 35.6. The number of hydrogen-bond donors (Lipinski definition) is 3. The molecule has 264 valence electrons. The van der Waals surface area contributed by atoms with E-state index >= 15 is 0 Å². The van der Waals surface area contributed by atoms with Crippen LogP contribution in [0.2, 0.25) is 0 Å². The molecule has 1 amide bonds. The van der Waals surface area contributed by atoms with E-state index in [1.807, 2.05) is 12.3 Å². The average Bonchev–Trinajstić information content (AvgIpc) is 3.90. The van der Waals surface area contributed by atoms with Gasteiger partial charge in [-0.25, -0.2) is 9.18 Å². The number of hydrogen-bond acceptors (Lipinski definition) is 10. The number of carbonyl (C=O) groups excluding carboxylic acids is 2. The van der Waals surface area contributed by atoms with Gasteiger partial charge in [0.2, 0.25) is 0 Å². The first kappa shape index (κ1) is 36.6. The molecule has 1 fully saturated rings. The average molecular weight is 707 g/mol. The Bertz CT molecular complexity index is 1840. The van der Waals surface area contributed by atoms with E-state index < -0.39 is 17.5 Å². The lowest BCUT2D eigenvalue weighted by molar-refractivity contribution is -0.146. The number of furan rings is 1. The SMILES string of the molecule is CNC(=O)c1c(-c2ccc(F)cc2)oc2cc(N(CCOCCOCCOCc3ccc(C(O)=CC(=O)C(=O)O)cc3)SC)c(C3CC3)cc12. The topological polar surface area (TPSA) is 148 Å². The van der Waals surface area contributed by atoms with Crippen LogP contribution in [0.4, 0.5) is 10.1 Å². The monoisotopic (exact) mass is 706 g/mol. The van der Waals surface area contributed by atoms with Crippen LogP contribution < -0.4 is 9.62 Å². The normalized spacial score (nSPS) is 13.1. The zero-order valence-corrected chi connectivity index (χ0v) is 28.6. The van der Waals surface area contributed by atoms with Gasteiger partial charge in [0.05, 0.1) is 57.4 Å². The number of anilines is 1. The van der Waals surface area contributed by atoms with Crippen LogP contribution in [0, 0.1) is 5.82 Å². The molecule has 50 heavy (non-hydrogen) atoms. The van der Waals surface area contributed by atoms with E-state index in [0.717, 1.165) is 35.0 Å². The van der Waals surface area contributed by atoms with Crippen LogP contribution in [-0.4, -0.2) is 80.8 Å². The maximum atomic E-state index is 13.6. The molecule has 4 aromatic rings. The first-order valence-corrected chi connectivity index (χ1v) is 17.3. The summed E-state index contributed by atoms with van der Waals surface area (Å²) in [6.45, 7) is 2.96. The molecule has 1 aliphatic rings. The molecule has 1 aromatic heterocycles. The second-order valence-corrected chi connectivity index (χ2v) is 12.3. The molecule has 1 heterocycles. The number of amides is 1. The molecular weight excluding hydrogens is 667 g/mol. The molecule has 5 rings (SSSR count). The van der Waals surface area contributed by atoms with Crippen LogP contribution in [0.25, 0.3) is 28.1 Å². The zero-order valence-electron chi connectivity index (χ0n) is 27.8. The summed E-state index contributed by atoms with van der Waals surface area (Å²) in [4.78, 5) is 34.9. The van der Waals surface area contributed by atoms with Gasteiger partial charge in [-0.2, -0.15) is 0 Å². The lowest BCUT2D eigenvalue weighted by atomic mass is 10.0. The van der Waals surface area contributed by atoms with E-state index in [-0.39, 0.29) is 11.7 Å². The van der Waals surface area contributed by atoms with Gasteiger partial charge in [0, 0.05) is 42.0 Å². The molecule has 11 nitrogen and oxygen atoms in total. The number of carboxylic acids is 1. The quantitative estimate of drug-likeness (QED) is 0.0329. The summed E-state index contributed by atoms with van der Waals surface area (Å²) in [6, 6.07) is 16.5. The summed E-state index contributed by atoms with van der Waals surface area (Å²) in [5.74, 6) is -3.09. The van der Waals surface area contributed by atoms with E-state index in [9.17, 15) is 23.9 Å². The molecule has 1 saturated carbocycles. The third-order valence-electron chi connectivity index (χ3n) is 8.08. The Morgan fingerprint density at radius 1 is 0.960 bits per heavy atom.